The fourth-order valence-corrected chi connectivity index (χ4v) is 2.61. The lowest BCUT2D eigenvalue weighted by Crippen LogP contribution is -2.28. The number of hydrogen-bond donors (Lipinski definition) is 1. The van der Waals surface area contributed by atoms with Gasteiger partial charge in [-0.15, -0.1) is 10.2 Å². The molecule has 0 bridgehead atoms. The number of hydrogen-bond acceptors (Lipinski definition) is 4. The zero-order chi connectivity index (χ0) is 13.7. The van der Waals surface area contributed by atoms with Crippen molar-refractivity contribution in [3.8, 4) is 11.4 Å². The Morgan fingerprint density at radius 1 is 1.16 bits per heavy atom. The Labute approximate surface area is 119 Å². The molecule has 5 heteroatoms. The van der Waals surface area contributed by atoms with Crippen molar-refractivity contribution >= 4 is 12.6 Å². The average Bonchev–Trinajstić information content (AvgIpc) is 2.94. The Hall–Kier alpha value is -1.36. The van der Waals surface area contributed by atoms with Gasteiger partial charge in [-0.25, -0.2) is 0 Å². The van der Waals surface area contributed by atoms with E-state index in [-0.39, 0.29) is 5.41 Å². The van der Waals surface area contributed by atoms with E-state index in [2.05, 4.69) is 41.9 Å². The van der Waals surface area contributed by atoms with Crippen molar-refractivity contribution in [1.29, 1.82) is 0 Å². The molecule has 0 fully saturated rings. The zero-order valence-electron chi connectivity index (χ0n) is 11.5. The molecule has 19 heavy (non-hydrogen) atoms. The number of aromatic nitrogens is 4. The number of benzene rings is 1. The minimum Gasteiger partial charge on any atom is -0.179 e. The third-order valence-electron chi connectivity index (χ3n) is 3.80. The predicted octanol–water partition coefficient (Wildman–Crippen LogP) is 3.08. The lowest BCUT2D eigenvalue weighted by Gasteiger charge is -2.28. The molecule has 0 N–H and O–H groups in total. The van der Waals surface area contributed by atoms with Crippen LogP contribution in [0, 0.1) is 5.41 Å². The molecule has 0 atom stereocenters. The first kappa shape index (κ1) is 14.1. The van der Waals surface area contributed by atoms with E-state index in [4.69, 9.17) is 0 Å². The largest absolute Gasteiger partial charge is 0.204 e. The fourth-order valence-electron chi connectivity index (χ4n) is 2.06. The zero-order valence-corrected chi connectivity index (χ0v) is 12.3. The van der Waals surface area contributed by atoms with Crippen LogP contribution in [0.5, 0.6) is 0 Å². The van der Waals surface area contributed by atoms with Crippen molar-refractivity contribution in [3.63, 3.8) is 0 Å². The molecule has 2 rings (SSSR count). The van der Waals surface area contributed by atoms with Crippen LogP contribution in [0.15, 0.2) is 30.3 Å². The van der Waals surface area contributed by atoms with Crippen LogP contribution in [0.2, 0.25) is 0 Å². The Balaban J connectivity index is 2.18. The first-order valence-corrected chi connectivity index (χ1v) is 7.30. The quantitative estimate of drug-likeness (QED) is 0.825. The van der Waals surface area contributed by atoms with E-state index in [0.29, 0.717) is 5.82 Å². The average molecular weight is 276 g/mol. The molecule has 0 saturated heterocycles. The Morgan fingerprint density at radius 2 is 1.84 bits per heavy atom. The van der Waals surface area contributed by atoms with Crippen LogP contribution < -0.4 is 0 Å². The number of thiol groups is 1. The molecular weight excluding hydrogens is 256 g/mol. The smallest absolute Gasteiger partial charge is 0.179 e. The van der Waals surface area contributed by atoms with E-state index in [1.807, 2.05) is 30.3 Å². The van der Waals surface area contributed by atoms with E-state index in [1.54, 1.807) is 4.80 Å². The molecule has 102 valence electrons. The van der Waals surface area contributed by atoms with E-state index >= 15 is 0 Å². The number of nitrogens with zero attached hydrogens (tertiary/aromatic N) is 4. The predicted molar refractivity (Wildman–Crippen MR) is 80.1 cm³/mol. The molecule has 4 nitrogen and oxygen atoms in total. The molecule has 0 aliphatic heterocycles. The van der Waals surface area contributed by atoms with Crippen LogP contribution in [0.3, 0.4) is 0 Å². The first-order chi connectivity index (χ1) is 9.23. The van der Waals surface area contributed by atoms with Gasteiger partial charge >= 0.3 is 0 Å². The third-order valence-corrected chi connectivity index (χ3v) is 4.47. The molecule has 1 heterocycles. The standard InChI is InChI=1S/C14H20N4S/c1-3-14(4-2,11-19)10-18-16-13(15-17-18)12-8-6-5-7-9-12/h5-9,19H,3-4,10-11H2,1-2H3. The van der Waals surface area contributed by atoms with Gasteiger partial charge in [-0.1, -0.05) is 44.2 Å². The fraction of sp³-hybridized carbons (Fsp3) is 0.500. The summed E-state index contributed by atoms with van der Waals surface area (Å²) in [4.78, 5) is 1.70. The van der Waals surface area contributed by atoms with Crippen molar-refractivity contribution in [3.05, 3.63) is 30.3 Å². The second-order valence-corrected chi connectivity index (χ2v) is 5.19. The van der Waals surface area contributed by atoms with Crippen LogP contribution >= 0.6 is 12.6 Å². The summed E-state index contributed by atoms with van der Waals surface area (Å²) in [7, 11) is 0. The van der Waals surface area contributed by atoms with E-state index in [0.717, 1.165) is 30.7 Å². The molecule has 0 amide bonds. The van der Waals surface area contributed by atoms with Crippen LogP contribution in [0.4, 0.5) is 0 Å². The SMILES string of the molecule is CCC(CC)(CS)Cn1nnc(-c2ccccc2)n1. The molecule has 0 aliphatic rings. The second kappa shape index (κ2) is 6.19. The molecule has 2 aromatic rings. The van der Waals surface area contributed by atoms with E-state index < -0.39 is 0 Å². The number of rotatable bonds is 6. The minimum absolute atomic E-state index is 0.151. The topological polar surface area (TPSA) is 43.6 Å². The van der Waals surface area contributed by atoms with Crippen LogP contribution in [-0.2, 0) is 6.54 Å². The van der Waals surface area contributed by atoms with Gasteiger partial charge in [0, 0.05) is 11.0 Å². The van der Waals surface area contributed by atoms with Crippen molar-refractivity contribution in [2.45, 2.75) is 33.2 Å². The van der Waals surface area contributed by atoms with Gasteiger partial charge in [-0.3, -0.25) is 0 Å². The molecule has 0 spiro atoms. The molecule has 0 saturated carbocycles. The van der Waals surface area contributed by atoms with Gasteiger partial charge in [0.1, 0.15) is 0 Å². The minimum atomic E-state index is 0.151. The second-order valence-electron chi connectivity index (χ2n) is 4.87. The highest BCUT2D eigenvalue weighted by molar-refractivity contribution is 7.80. The summed E-state index contributed by atoms with van der Waals surface area (Å²) in [5, 5.41) is 12.8. The summed E-state index contributed by atoms with van der Waals surface area (Å²) in [6.45, 7) is 5.15. The summed E-state index contributed by atoms with van der Waals surface area (Å²) in [5.74, 6) is 1.52. The maximum Gasteiger partial charge on any atom is 0.204 e. The van der Waals surface area contributed by atoms with Crippen LogP contribution in [0.25, 0.3) is 11.4 Å². The third kappa shape index (κ3) is 3.15. The summed E-state index contributed by atoms with van der Waals surface area (Å²) in [6, 6.07) is 9.92. The normalized spacial score (nSPS) is 11.7. The van der Waals surface area contributed by atoms with Gasteiger partial charge in [0.2, 0.25) is 5.82 Å². The summed E-state index contributed by atoms with van der Waals surface area (Å²) in [6.07, 6.45) is 2.13. The van der Waals surface area contributed by atoms with Gasteiger partial charge in [0.05, 0.1) is 6.54 Å². The van der Waals surface area contributed by atoms with Gasteiger partial charge in [0.15, 0.2) is 0 Å². The monoisotopic (exact) mass is 276 g/mol. The van der Waals surface area contributed by atoms with E-state index in [1.165, 1.54) is 0 Å². The van der Waals surface area contributed by atoms with Gasteiger partial charge in [-0.2, -0.15) is 17.4 Å². The highest BCUT2D eigenvalue weighted by Gasteiger charge is 2.26. The Kier molecular flexibility index (Phi) is 4.58. The van der Waals surface area contributed by atoms with Crippen molar-refractivity contribution < 1.29 is 0 Å². The van der Waals surface area contributed by atoms with Crippen molar-refractivity contribution in [1.82, 2.24) is 20.2 Å². The van der Waals surface area contributed by atoms with Gasteiger partial charge < -0.3 is 0 Å². The number of tetrazole rings is 1. The van der Waals surface area contributed by atoms with Gasteiger partial charge in [0.25, 0.3) is 0 Å². The Morgan fingerprint density at radius 3 is 2.42 bits per heavy atom. The highest BCUT2D eigenvalue weighted by atomic mass is 32.1. The van der Waals surface area contributed by atoms with Crippen molar-refractivity contribution in [2.24, 2.45) is 5.41 Å². The molecule has 0 radical (unpaired) electrons. The Bertz CT molecular complexity index is 497. The maximum atomic E-state index is 4.48. The summed E-state index contributed by atoms with van der Waals surface area (Å²) in [5.41, 5.74) is 1.15. The maximum absolute atomic E-state index is 4.48. The van der Waals surface area contributed by atoms with Crippen LogP contribution in [-0.4, -0.2) is 26.0 Å². The molecular formula is C14H20N4S. The molecule has 0 aliphatic carbocycles. The lowest BCUT2D eigenvalue weighted by atomic mass is 9.84. The van der Waals surface area contributed by atoms with Gasteiger partial charge in [-0.05, 0) is 23.8 Å². The molecule has 0 unspecified atom stereocenters. The first-order valence-electron chi connectivity index (χ1n) is 6.67. The summed E-state index contributed by atoms with van der Waals surface area (Å²) >= 11 is 4.48. The summed E-state index contributed by atoms with van der Waals surface area (Å²) < 4.78 is 0. The van der Waals surface area contributed by atoms with Crippen LogP contribution in [0.1, 0.15) is 26.7 Å². The lowest BCUT2D eigenvalue weighted by molar-refractivity contribution is 0.230. The highest BCUT2D eigenvalue weighted by Crippen LogP contribution is 2.29. The molecule has 1 aromatic heterocycles. The van der Waals surface area contributed by atoms with Crippen molar-refractivity contribution in [2.75, 3.05) is 5.75 Å². The molecule has 1 aromatic carbocycles. The van der Waals surface area contributed by atoms with E-state index in [9.17, 15) is 0 Å².